The molecule has 1 aromatic heterocycles. The van der Waals surface area contributed by atoms with E-state index in [1.165, 1.54) is 0 Å². The minimum absolute atomic E-state index is 0.00714. The first-order valence-corrected chi connectivity index (χ1v) is 4.62. The number of hydrogen-bond acceptors (Lipinski definition) is 2. The summed E-state index contributed by atoms with van der Waals surface area (Å²) in [5, 5.41) is 0. The van der Waals surface area contributed by atoms with Crippen LogP contribution in [-0.2, 0) is 16.0 Å². The Morgan fingerprint density at radius 3 is 2.46 bits per heavy atom. The Kier molecular flexibility index (Phi) is 2.90. The molecule has 0 aliphatic carbocycles. The summed E-state index contributed by atoms with van der Waals surface area (Å²) in [6, 6.07) is 6.06. The van der Waals surface area contributed by atoms with Crippen LogP contribution in [0.2, 0.25) is 0 Å². The minimum Gasteiger partial charge on any atom is -0.350 e. The van der Waals surface area contributed by atoms with E-state index in [2.05, 4.69) is 17.0 Å². The SMILES string of the molecule is c1cc[n+](CCC2OCCO2)cc1. The van der Waals surface area contributed by atoms with Gasteiger partial charge in [-0.05, 0) is 0 Å². The van der Waals surface area contributed by atoms with E-state index in [1.807, 2.05) is 18.2 Å². The van der Waals surface area contributed by atoms with E-state index in [4.69, 9.17) is 9.47 Å². The molecule has 2 heterocycles. The molecule has 1 aliphatic rings. The van der Waals surface area contributed by atoms with Gasteiger partial charge in [0.05, 0.1) is 19.6 Å². The van der Waals surface area contributed by atoms with Crippen LogP contribution in [-0.4, -0.2) is 19.5 Å². The molecule has 13 heavy (non-hydrogen) atoms. The van der Waals surface area contributed by atoms with Crippen molar-refractivity contribution in [2.75, 3.05) is 13.2 Å². The molecule has 3 nitrogen and oxygen atoms in total. The molecule has 1 saturated heterocycles. The second-order valence-electron chi connectivity index (χ2n) is 3.07. The van der Waals surface area contributed by atoms with Gasteiger partial charge in [-0.15, -0.1) is 0 Å². The summed E-state index contributed by atoms with van der Waals surface area (Å²) >= 11 is 0. The highest BCUT2D eigenvalue weighted by Crippen LogP contribution is 2.06. The number of hydrogen-bond donors (Lipinski definition) is 0. The van der Waals surface area contributed by atoms with E-state index in [0.717, 1.165) is 26.2 Å². The summed E-state index contributed by atoms with van der Waals surface area (Å²) in [7, 11) is 0. The van der Waals surface area contributed by atoms with Gasteiger partial charge in [-0.3, -0.25) is 0 Å². The number of ether oxygens (including phenoxy) is 2. The van der Waals surface area contributed by atoms with Crippen LogP contribution in [0.4, 0.5) is 0 Å². The lowest BCUT2D eigenvalue weighted by molar-refractivity contribution is -0.698. The third-order valence-corrected chi connectivity index (χ3v) is 2.09. The highest BCUT2D eigenvalue weighted by molar-refractivity contribution is 4.83. The Morgan fingerprint density at radius 2 is 1.77 bits per heavy atom. The number of nitrogens with zero attached hydrogens (tertiary/aromatic N) is 1. The van der Waals surface area contributed by atoms with Gasteiger partial charge in [0, 0.05) is 12.1 Å². The fourth-order valence-electron chi connectivity index (χ4n) is 1.41. The van der Waals surface area contributed by atoms with Crippen molar-refractivity contribution in [1.82, 2.24) is 0 Å². The lowest BCUT2D eigenvalue weighted by Gasteiger charge is -2.05. The van der Waals surface area contributed by atoms with Gasteiger partial charge in [0.15, 0.2) is 25.2 Å². The molecule has 0 amide bonds. The highest BCUT2D eigenvalue weighted by atomic mass is 16.7. The van der Waals surface area contributed by atoms with Crippen molar-refractivity contribution >= 4 is 0 Å². The Hall–Kier alpha value is -0.930. The van der Waals surface area contributed by atoms with Crippen LogP contribution in [0.3, 0.4) is 0 Å². The highest BCUT2D eigenvalue weighted by Gasteiger charge is 2.17. The van der Waals surface area contributed by atoms with Crippen molar-refractivity contribution in [1.29, 1.82) is 0 Å². The third-order valence-electron chi connectivity index (χ3n) is 2.09. The van der Waals surface area contributed by atoms with E-state index < -0.39 is 0 Å². The smallest absolute Gasteiger partial charge is 0.168 e. The molecule has 0 atom stereocenters. The van der Waals surface area contributed by atoms with Crippen LogP contribution >= 0.6 is 0 Å². The molecule has 0 aromatic carbocycles. The number of pyridine rings is 1. The van der Waals surface area contributed by atoms with Crippen LogP contribution in [0.5, 0.6) is 0 Å². The third kappa shape index (κ3) is 2.50. The molecule has 1 fully saturated rings. The zero-order valence-corrected chi connectivity index (χ0v) is 7.56. The van der Waals surface area contributed by atoms with Crippen LogP contribution < -0.4 is 4.57 Å². The Morgan fingerprint density at radius 1 is 1.08 bits per heavy atom. The topological polar surface area (TPSA) is 22.3 Å². The predicted octanol–water partition coefficient (Wildman–Crippen LogP) is 0.737. The number of rotatable bonds is 3. The summed E-state index contributed by atoms with van der Waals surface area (Å²) in [4.78, 5) is 0. The maximum Gasteiger partial charge on any atom is 0.168 e. The van der Waals surface area contributed by atoms with Crippen LogP contribution in [0.25, 0.3) is 0 Å². The van der Waals surface area contributed by atoms with E-state index in [-0.39, 0.29) is 6.29 Å². The number of aryl methyl sites for hydroxylation is 1. The average molecular weight is 180 g/mol. The van der Waals surface area contributed by atoms with Crippen molar-refractivity contribution in [3.05, 3.63) is 30.6 Å². The Bertz CT molecular complexity index is 244. The molecule has 0 N–H and O–H groups in total. The summed E-state index contributed by atoms with van der Waals surface area (Å²) in [5.74, 6) is 0. The van der Waals surface area contributed by atoms with Crippen LogP contribution in [0.15, 0.2) is 30.6 Å². The molecule has 2 rings (SSSR count). The average Bonchev–Trinajstić information content (AvgIpc) is 2.69. The van der Waals surface area contributed by atoms with Gasteiger partial charge in [0.25, 0.3) is 0 Å². The molecule has 0 spiro atoms. The monoisotopic (exact) mass is 180 g/mol. The van der Waals surface area contributed by atoms with E-state index in [9.17, 15) is 0 Å². The van der Waals surface area contributed by atoms with Gasteiger partial charge in [0.2, 0.25) is 0 Å². The first-order chi connectivity index (χ1) is 6.45. The standard InChI is InChI=1S/C10H14NO2/c1-2-5-11(6-3-1)7-4-10-12-8-9-13-10/h1-3,5-6,10H,4,7-9H2/q+1. The summed E-state index contributed by atoms with van der Waals surface area (Å²) in [5.41, 5.74) is 0. The van der Waals surface area contributed by atoms with Gasteiger partial charge in [0.1, 0.15) is 0 Å². The normalized spacial score (nSPS) is 17.8. The van der Waals surface area contributed by atoms with E-state index in [1.54, 1.807) is 0 Å². The molecule has 1 aliphatic heterocycles. The zero-order chi connectivity index (χ0) is 8.93. The van der Waals surface area contributed by atoms with Gasteiger partial charge >= 0.3 is 0 Å². The van der Waals surface area contributed by atoms with Crippen molar-refractivity contribution < 1.29 is 14.0 Å². The fourth-order valence-corrected chi connectivity index (χ4v) is 1.41. The molecular weight excluding hydrogens is 166 g/mol. The molecule has 1 aromatic rings. The van der Waals surface area contributed by atoms with E-state index >= 15 is 0 Å². The quantitative estimate of drug-likeness (QED) is 0.640. The van der Waals surface area contributed by atoms with Gasteiger partial charge in [-0.25, -0.2) is 4.57 Å². The van der Waals surface area contributed by atoms with Crippen molar-refractivity contribution in [2.24, 2.45) is 0 Å². The van der Waals surface area contributed by atoms with E-state index in [0.29, 0.717) is 0 Å². The first-order valence-electron chi connectivity index (χ1n) is 4.62. The second kappa shape index (κ2) is 4.35. The minimum atomic E-state index is 0.00714. The fraction of sp³-hybridized carbons (Fsp3) is 0.500. The van der Waals surface area contributed by atoms with Crippen molar-refractivity contribution in [2.45, 2.75) is 19.3 Å². The largest absolute Gasteiger partial charge is 0.350 e. The molecule has 70 valence electrons. The van der Waals surface area contributed by atoms with Crippen LogP contribution in [0.1, 0.15) is 6.42 Å². The predicted molar refractivity (Wildman–Crippen MR) is 46.9 cm³/mol. The summed E-state index contributed by atoms with van der Waals surface area (Å²) in [6.07, 6.45) is 5.03. The van der Waals surface area contributed by atoms with Gasteiger partial charge in [-0.2, -0.15) is 0 Å². The Labute approximate surface area is 77.9 Å². The molecule has 0 saturated carbocycles. The van der Waals surface area contributed by atoms with Gasteiger partial charge in [-0.1, -0.05) is 6.07 Å². The maximum atomic E-state index is 5.34. The lowest BCUT2D eigenvalue weighted by atomic mass is 10.4. The molecule has 0 unspecified atom stereocenters. The molecular formula is C10H14NO2+. The lowest BCUT2D eigenvalue weighted by Crippen LogP contribution is -2.34. The second-order valence-corrected chi connectivity index (χ2v) is 3.07. The molecule has 3 heteroatoms. The summed E-state index contributed by atoms with van der Waals surface area (Å²) < 4.78 is 12.8. The van der Waals surface area contributed by atoms with Crippen molar-refractivity contribution in [3.63, 3.8) is 0 Å². The number of aromatic nitrogens is 1. The Balaban J connectivity index is 1.79. The van der Waals surface area contributed by atoms with Gasteiger partial charge < -0.3 is 9.47 Å². The maximum absolute atomic E-state index is 5.34. The summed E-state index contributed by atoms with van der Waals surface area (Å²) in [6.45, 7) is 2.43. The zero-order valence-electron chi connectivity index (χ0n) is 7.56. The first kappa shape index (κ1) is 8.66. The van der Waals surface area contributed by atoms with Crippen molar-refractivity contribution in [3.8, 4) is 0 Å². The van der Waals surface area contributed by atoms with Crippen LogP contribution in [0, 0.1) is 0 Å². The molecule has 0 radical (unpaired) electrons. The molecule has 0 bridgehead atoms.